The fourth-order valence-electron chi connectivity index (χ4n) is 3.53. The topological polar surface area (TPSA) is 122 Å². The number of anilines is 2. The first kappa shape index (κ1) is 25.3. The van der Waals surface area contributed by atoms with Gasteiger partial charge in [-0.2, -0.15) is 4.31 Å². The maximum atomic E-state index is 14.0. The summed E-state index contributed by atoms with van der Waals surface area (Å²) in [4.78, 5) is 35.6. The van der Waals surface area contributed by atoms with Crippen LogP contribution in [0.1, 0.15) is 26.7 Å². The molecule has 0 saturated carbocycles. The second-order valence-corrected chi connectivity index (χ2v) is 9.84. The molecule has 0 spiro atoms. The standard InChI is InChI=1S/C23H26FN3O6S/c1-15(22(29)26-19-9-7-18(8-10-19)25-16(2)28)33-23(30)17-11-13-27(14-12-17)34(31,32)21-6-4-3-5-20(21)24/h3-10,15,17H,11-14H2,1-2H3,(H,25,28)(H,26,29)/t15-/m1/s1. The lowest BCUT2D eigenvalue weighted by atomic mass is 9.98. The molecular formula is C23H26FN3O6S. The van der Waals surface area contributed by atoms with Gasteiger partial charge in [-0.05, 0) is 56.2 Å². The van der Waals surface area contributed by atoms with Gasteiger partial charge in [0.25, 0.3) is 5.91 Å². The van der Waals surface area contributed by atoms with Crippen molar-refractivity contribution in [1.29, 1.82) is 0 Å². The molecule has 0 aliphatic carbocycles. The predicted octanol–water partition coefficient (Wildman–Crippen LogP) is 2.76. The minimum atomic E-state index is -4.00. The van der Waals surface area contributed by atoms with Crippen molar-refractivity contribution in [2.24, 2.45) is 5.92 Å². The molecule has 0 unspecified atom stereocenters. The molecule has 2 N–H and O–H groups in total. The van der Waals surface area contributed by atoms with E-state index >= 15 is 0 Å². The normalized spacial score (nSPS) is 15.9. The number of hydrogen-bond donors (Lipinski definition) is 2. The van der Waals surface area contributed by atoms with Gasteiger partial charge >= 0.3 is 5.97 Å². The quantitative estimate of drug-likeness (QED) is 0.575. The van der Waals surface area contributed by atoms with E-state index in [0.717, 1.165) is 10.4 Å². The number of benzene rings is 2. The first-order valence-corrected chi connectivity index (χ1v) is 12.2. The van der Waals surface area contributed by atoms with Gasteiger partial charge in [0.15, 0.2) is 6.10 Å². The number of piperidine rings is 1. The molecule has 34 heavy (non-hydrogen) atoms. The molecule has 9 nitrogen and oxygen atoms in total. The minimum absolute atomic E-state index is 0.0393. The van der Waals surface area contributed by atoms with E-state index in [1.165, 1.54) is 32.0 Å². The van der Waals surface area contributed by atoms with E-state index in [2.05, 4.69) is 10.6 Å². The number of ether oxygens (including phenoxy) is 1. The van der Waals surface area contributed by atoms with Gasteiger partial charge in [0.2, 0.25) is 15.9 Å². The van der Waals surface area contributed by atoms with Crippen molar-refractivity contribution >= 4 is 39.2 Å². The van der Waals surface area contributed by atoms with E-state index in [-0.39, 0.29) is 31.8 Å². The largest absolute Gasteiger partial charge is 0.452 e. The number of sulfonamides is 1. The Morgan fingerprint density at radius 2 is 1.56 bits per heavy atom. The van der Waals surface area contributed by atoms with Gasteiger partial charge in [0.05, 0.1) is 5.92 Å². The van der Waals surface area contributed by atoms with Crippen molar-refractivity contribution in [1.82, 2.24) is 4.31 Å². The molecule has 11 heteroatoms. The summed E-state index contributed by atoms with van der Waals surface area (Å²) in [6.45, 7) is 2.91. The summed E-state index contributed by atoms with van der Waals surface area (Å²) in [5.74, 6) is -2.73. The average molecular weight is 492 g/mol. The molecule has 2 amide bonds. The van der Waals surface area contributed by atoms with E-state index < -0.39 is 44.6 Å². The number of hydrogen-bond acceptors (Lipinski definition) is 6. The average Bonchev–Trinajstić information content (AvgIpc) is 2.80. The first-order chi connectivity index (χ1) is 16.1. The van der Waals surface area contributed by atoms with Gasteiger partial charge in [-0.25, -0.2) is 12.8 Å². The summed E-state index contributed by atoms with van der Waals surface area (Å²) in [5.41, 5.74) is 1.04. The van der Waals surface area contributed by atoms with Gasteiger partial charge < -0.3 is 15.4 Å². The van der Waals surface area contributed by atoms with Gasteiger partial charge in [-0.3, -0.25) is 14.4 Å². The van der Waals surface area contributed by atoms with E-state index in [0.29, 0.717) is 11.4 Å². The number of amides is 2. The lowest BCUT2D eigenvalue weighted by Gasteiger charge is -2.30. The first-order valence-electron chi connectivity index (χ1n) is 10.7. The molecule has 0 radical (unpaired) electrons. The summed E-state index contributed by atoms with van der Waals surface area (Å²) in [5, 5.41) is 5.24. The molecule has 182 valence electrons. The van der Waals surface area contributed by atoms with Crippen molar-refractivity contribution in [2.45, 2.75) is 37.7 Å². The number of carbonyl (C=O) groups excluding carboxylic acids is 3. The molecule has 2 aromatic rings. The Balaban J connectivity index is 1.51. The van der Waals surface area contributed by atoms with Gasteiger partial charge in [0.1, 0.15) is 10.7 Å². The zero-order chi connectivity index (χ0) is 24.9. The van der Waals surface area contributed by atoms with Crippen LogP contribution in [0.2, 0.25) is 0 Å². The van der Waals surface area contributed by atoms with E-state index in [1.807, 2.05) is 0 Å². The van der Waals surface area contributed by atoms with Gasteiger partial charge in [-0.15, -0.1) is 0 Å². The Morgan fingerprint density at radius 1 is 1.00 bits per heavy atom. The number of nitrogens with zero attached hydrogens (tertiary/aromatic N) is 1. The number of nitrogens with one attached hydrogen (secondary N) is 2. The van der Waals surface area contributed by atoms with Crippen LogP contribution in [-0.2, 0) is 29.1 Å². The van der Waals surface area contributed by atoms with Crippen LogP contribution in [0.25, 0.3) is 0 Å². The van der Waals surface area contributed by atoms with Crippen LogP contribution in [0.5, 0.6) is 0 Å². The molecule has 0 bridgehead atoms. The zero-order valence-electron chi connectivity index (χ0n) is 18.8. The third kappa shape index (κ3) is 6.17. The van der Waals surface area contributed by atoms with Gasteiger partial charge in [0, 0.05) is 31.4 Å². The summed E-state index contributed by atoms with van der Waals surface area (Å²) in [6.07, 6.45) is -0.667. The van der Waals surface area contributed by atoms with E-state index in [9.17, 15) is 27.2 Å². The van der Waals surface area contributed by atoms with E-state index in [1.54, 1.807) is 24.3 Å². The van der Waals surface area contributed by atoms with Crippen LogP contribution in [0.4, 0.5) is 15.8 Å². The highest BCUT2D eigenvalue weighted by atomic mass is 32.2. The summed E-state index contributed by atoms with van der Waals surface area (Å²) >= 11 is 0. The number of rotatable bonds is 7. The van der Waals surface area contributed by atoms with E-state index in [4.69, 9.17) is 4.74 Å². The number of carbonyl (C=O) groups is 3. The highest BCUT2D eigenvalue weighted by molar-refractivity contribution is 7.89. The Bertz CT molecular complexity index is 1160. The smallest absolute Gasteiger partial charge is 0.309 e. The monoisotopic (exact) mass is 491 g/mol. The molecule has 1 saturated heterocycles. The third-order valence-corrected chi connectivity index (χ3v) is 7.31. The van der Waals surface area contributed by atoms with Crippen LogP contribution in [0.3, 0.4) is 0 Å². The molecule has 1 aliphatic heterocycles. The molecule has 1 fully saturated rings. The lowest BCUT2D eigenvalue weighted by Crippen LogP contribution is -2.42. The predicted molar refractivity (Wildman–Crippen MR) is 123 cm³/mol. The van der Waals surface area contributed by atoms with Crippen molar-refractivity contribution in [3.63, 3.8) is 0 Å². The zero-order valence-corrected chi connectivity index (χ0v) is 19.6. The SMILES string of the molecule is CC(=O)Nc1ccc(NC(=O)[C@@H](C)OC(=O)C2CCN(S(=O)(=O)c3ccccc3F)CC2)cc1. The fourth-order valence-corrected chi connectivity index (χ4v) is 5.07. The molecular weight excluding hydrogens is 465 g/mol. The lowest BCUT2D eigenvalue weighted by molar-refractivity contribution is -0.158. The molecule has 3 rings (SSSR count). The number of esters is 1. The molecule has 1 atom stereocenters. The van der Waals surface area contributed by atoms with Crippen molar-refractivity contribution in [3.05, 3.63) is 54.3 Å². The van der Waals surface area contributed by atoms with Crippen LogP contribution in [-0.4, -0.2) is 49.7 Å². The van der Waals surface area contributed by atoms with Gasteiger partial charge in [-0.1, -0.05) is 12.1 Å². The van der Waals surface area contributed by atoms with Crippen LogP contribution < -0.4 is 10.6 Å². The summed E-state index contributed by atoms with van der Waals surface area (Å²) in [6, 6.07) is 11.6. The highest BCUT2D eigenvalue weighted by Gasteiger charge is 2.35. The third-order valence-electron chi connectivity index (χ3n) is 5.38. The highest BCUT2D eigenvalue weighted by Crippen LogP contribution is 2.26. The summed E-state index contributed by atoms with van der Waals surface area (Å²) in [7, 11) is -4.00. The van der Waals surface area contributed by atoms with Crippen molar-refractivity contribution < 1.29 is 31.9 Å². The minimum Gasteiger partial charge on any atom is -0.452 e. The van der Waals surface area contributed by atoms with Crippen LogP contribution in [0.15, 0.2) is 53.4 Å². The molecule has 2 aromatic carbocycles. The fraction of sp³-hybridized carbons (Fsp3) is 0.348. The maximum absolute atomic E-state index is 14.0. The summed E-state index contributed by atoms with van der Waals surface area (Å²) < 4.78 is 45.8. The van der Waals surface area contributed by atoms with Crippen LogP contribution in [0, 0.1) is 11.7 Å². The molecule has 1 heterocycles. The molecule has 0 aromatic heterocycles. The van der Waals surface area contributed by atoms with Crippen LogP contribution >= 0.6 is 0 Å². The Kier molecular flexibility index (Phi) is 8.00. The Labute approximate surface area is 197 Å². The Hall–Kier alpha value is -3.31. The Morgan fingerprint density at radius 3 is 2.12 bits per heavy atom. The maximum Gasteiger partial charge on any atom is 0.309 e. The second kappa shape index (κ2) is 10.7. The second-order valence-electron chi connectivity index (χ2n) is 7.94. The number of halogens is 1. The van der Waals surface area contributed by atoms with Crippen molar-refractivity contribution in [2.75, 3.05) is 23.7 Å². The molecule has 1 aliphatic rings. The van der Waals surface area contributed by atoms with Crippen molar-refractivity contribution in [3.8, 4) is 0 Å².